The number of urea groups is 1. The molecule has 9 heteroatoms. The number of nitrogens with one attached hydrogen (secondary N) is 1. The van der Waals surface area contributed by atoms with Crippen LogP contribution in [0.5, 0.6) is 11.5 Å². The van der Waals surface area contributed by atoms with Gasteiger partial charge in [-0.05, 0) is 60.2 Å². The summed E-state index contributed by atoms with van der Waals surface area (Å²) in [6.45, 7) is 2.75. The lowest BCUT2D eigenvalue weighted by molar-refractivity contribution is 0.0735. The second kappa shape index (κ2) is 10.1. The van der Waals surface area contributed by atoms with Crippen molar-refractivity contribution in [1.82, 2.24) is 14.4 Å². The van der Waals surface area contributed by atoms with Crippen LogP contribution in [0.25, 0.3) is 0 Å². The fourth-order valence-corrected chi connectivity index (χ4v) is 6.26. The lowest BCUT2D eigenvalue weighted by Gasteiger charge is -2.42. The van der Waals surface area contributed by atoms with Crippen LogP contribution >= 0.6 is 0 Å². The second-order valence-corrected chi connectivity index (χ2v) is 10.5. The summed E-state index contributed by atoms with van der Waals surface area (Å²) in [5.74, 6) is 1.54. The van der Waals surface area contributed by atoms with Gasteiger partial charge in [-0.3, -0.25) is 9.59 Å². The van der Waals surface area contributed by atoms with Gasteiger partial charge in [-0.1, -0.05) is 18.2 Å². The lowest BCUT2D eigenvalue weighted by Crippen LogP contribution is -2.50. The van der Waals surface area contributed by atoms with Gasteiger partial charge in [0.2, 0.25) is 0 Å². The van der Waals surface area contributed by atoms with Gasteiger partial charge in [-0.15, -0.1) is 0 Å². The van der Waals surface area contributed by atoms with Crippen LogP contribution in [0.15, 0.2) is 59.4 Å². The highest BCUT2D eigenvalue weighted by atomic mass is 16.5. The minimum Gasteiger partial charge on any atom is -0.493 e. The van der Waals surface area contributed by atoms with E-state index in [-0.39, 0.29) is 29.3 Å². The molecule has 2 atom stereocenters. The summed E-state index contributed by atoms with van der Waals surface area (Å²) < 4.78 is 12.7. The molecule has 4 heterocycles. The number of hydrogen-bond donors (Lipinski definition) is 1. The topological polar surface area (TPSA) is 93.1 Å². The van der Waals surface area contributed by atoms with Crippen molar-refractivity contribution in [1.29, 1.82) is 0 Å². The Labute approximate surface area is 226 Å². The maximum Gasteiger partial charge on any atom is 0.321 e. The number of likely N-dealkylation sites (tertiary alicyclic amines) is 1. The molecular formula is C30H32N4O5. The Morgan fingerprint density at radius 1 is 0.897 bits per heavy atom. The number of pyridine rings is 1. The fourth-order valence-electron chi connectivity index (χ4n) is 6.26. The van der Waals surface area contributed by atoms with E-state index in [0.717, 1.165) is 23.2 Å². The minimum absolute atomic E-state index is 0.0189. The molecule has 0 spiro atoms. The van der Waals surface area contributed by atoms with Crippen LogP contribution in [0.3, 0.4) is 0 Å². The van der Waals surface area contributed by atoms with E-state index in [0.29, 0.717) is 61.9 Å². The van der Waals surface area contributed by atoms with E-state index >= 15 is 0 Å². The number of anilines is 1. The molecule has 39 heavy (non-hydrogen) atoms. The SMILES string of the molecule is COc1cc2c(cc1OC)CN(C(=O)c1ccccc1NC(=O)N1C[C@H]3C[C@@H](C1)c1cccc(=O)n1C3)CC2. The summed E-state index contributed by atoms with van der Waals surface area (Å²) in [6.07, 6.45) is 1.67. The predicted molar refractivity (Wildman–Crippen MR) is 147 cm³/mol. The molecular weight excluding hydrogens is 496 g/mol. The fraction of sp³-hybridized carbons (Fsp3) is 0.367. The number of ether oxygens (including phenoxy) is 2. The molecule has 0 unspecified atom stereocenters. The van der Waals surface area contributed by atoms with Crippen LogP contribution in [0, 0.1) is 5.92 Å². The molecule has 3 amide bonds. The number of methoxy groups -OCH3 is 2. The highest BCUT2D eigenvalue weighted by molar-refractivity contribution is 6.03. The Kier molecular flexibility index (Phi) is 6.50. The van der Waals surface area contributed by atoms with Gasteiger partial charge < -0.3 is 29.2 Å². The normalized spacial score (nSPS) is 19.5. The third-order valence-electron chi connectivity index (χ3n) is 8.17. The number of aromatic nitrogens is 1. The standard InChI is InChI=1S/C30H32N4O5/c1-38-26-13-20-10-11-32(17-21(20)14-27(26)39-2)29(36)23-6-3-4-7-24(23)31-30(37)33-15-19-12-22(18-33)25-8-5-9-28(35)34(25)16-19/h3-9,13-14,19,22H,10-12,15-18H2,1-2H3,(H,31,37)/t19-,22+/m1/s1. The van der Waals surface area contributed by atoms with Crippen molar-refractivity contribution in [3.05, 3.63) is 87.3 Å². The number of rotatable bonds is 4. The summed E-state index contributed by atoms with van der Waals surface area (Å²) in [5.41, 5.74) is 4.13. The number of carbonyl (C=O) groups is 2. The Balaban J connectivity index is 1.18. The maximum absolute atomic E-state index is 13.7. The molecule has 3 aromatic rings. The lowest BCUT2D eigenvalue weighted by atomic mass is 9.83. The van der Waals surface area contributed by atoms with Gasteiger partial charge >= 0.3 is 6.03 Å². The number of para-hydroxylation sites is 1. The number of amides is 3. The van der Waals surface area contributed by atoms with Crippen molar-refractivity contribution in [2.24, 2.45) is 5.92 Å². The van der Waals surface area contributed by atoms with Gasteiger partial charge in [0.05, 0.1) is 25.5 Å². The largest absolute Gasteiger partial charge is 0.493 e. The summed E-state index contributed by atoms with van der Waals surface area (Å²) in [7, 11) is 3.22. The van der Waals surface area contributed by atoms with E-state index in [1.165, 1.54) is 0 Å². The summed E-state index contributed by atoms with van der Waals surface area (Å²) in [5, 5.41) is 3.01. The molecule has 202 valence electrons. The zero-order chi connectivity index (χ0) is 27.1. The summed E-state index contributed by atoms with van der Waals surface area (Å²) in [4.78, 5) is 43.0. The van der Waals surface area contributed by atoms with Crippen LogP contribution in [0.4, 0.5) is 10.5 Å². The van der Waals surface area contributed by atoms with E-state index in [1.54, 1.807) is 43.4 Å². The quantitative estimate of drug-likeness (QED) is 0.557. The van der Waals surface area contributed by atoms with Crippen LogP contribution < -0.4 is 20.3 Å². The first kappa shape index (κ1) is 25.0. The van der Waals surface area contributed by atoms with Crippen molar-refractivity contribution in [3.8, 4) is 11.5 Å². The molecule has 0 radical (unpaired) electrons. The maximum atomic E-state index is 13.7. The zero-order valence-electron chi connectivity index (χ0n) is 22.2. The second-order valence-electron chi connectivity index (χ2n) is 10.5. The Hall–Kier alpha value is -4.27. The number of hydrogen-bond acceptors (Lipinski definition) is 5. The van der Waals surface area contributed by atoms with Crippen molar-refractivity contribution < 1.29 is 19.1 Å². The van der Waals surface area contributed by atoms with Gasteiger partial charge in [0.1, 0.15) is 0 Å². The van der Waals surface area contributed by atoms with Crippen LogP contribution in [-0.2, 0) is 19.5 Å². The summed E-state index contributed by atoms with van der Waals surface area (Å²) in [6, 6.07) is 16.2. The molecule has 9 nitrogen and oxygen atoms in total. The number of benzene rings is 2. The van der Waals surface area contributed by atoms with Gasteiger partial charge in [0.25, 0.3) is 11.5 Å². The van der Waals surface area contributed by atoms with Crippen molar-refractivity contribution in [3.63, 3.8) is 0 Å². The van der Waals surface area contributed by atoms with Crippen LogP contribution in [0.1, 0.15) is 39.5 Å². The molecule has 3 aliphatic rings. The van der Waals surface area contributed by atoms with E-state index in [2.05, 4.69) is 5.32 Å². The highest BCUT2D eigenvalue weighted by Gasteiger charge is 2.36. The molecule has 0 aliphatic carbocycles. The summed E-state index contributed by atoms with van der Waals surface area (Å²) >= 11 is 0. The third kappa shape index (κ3) is 4.62. The molecule has 0 saturated carbocycles. The zero-order valence-corrected chi connectivity index (χ0v) is 22.2. The Bertz CT molecular complexity index is 1500. The average Bonchev–Trinajstić information content (AvgIpc) is 2.96. The molecule has 1 N–H and O–H groups in total. The average molecular weight is 529 g/mol. The van der Waals surface area contributed by atoms with E-state index in [9.17, 15) is 14.4 Å². The third-order valence-corrected chi connectivity index (χ3v) is 8.17. The number of nitrogens with zero attached hydrogens (tertiary/aromatic N) is 3. The van der Waals surface area contributed by atoms with E-state index in [1.807, 2.05) is 39.8 Å². The van der Waals surface area contributed by atoms with Crippen molar-refractivity contribution in [2.75, 3.05) is 39.2 Å². The molecule has 2 bridgehead atoms. The van der Waals surface area contributed by atoms with Gasteiger partial charge in [-0.2, -0.15) is 0 Å². The molecule has 1 aromatic heterocycles. The van der Waals surface area contributed by atoms with Gasteiger partial charge in [0, 0.05) is 50.4 Å². The monoisotopic (exact) mass is 528 g/mol. The van der Waals surface area contributed by atoms with Gasteiger partial charge in [-0.25, -0.2) is 4.79 Å². The molecule has 1 fully saturated rings. The number of piperidine rings is 1. The van der Waals surface area contributed by atoms with Crippen LogP contribution in [-0.4, -0.2) is 60.2 Å². The first-order chi connectivity index (χ1) is 18.9. The minimum atomic E-state index is -0.225. The van der Waals surface area contributed by atoms with E-state index in [4.69, 9.17) is 9.47 Å². The highest BCUT2D eigenvalue weighted by Crippen LogP contribution is 2.36. The smallest absolute Gasteiger partial charge is 0.321 e. The molecule has 1 saturated heterocycles. The Morgan fingerprint density at radius 2 is 1.67 bits per heavy atom. The molecule has 6 rings (SSSR count). The first-order valence-corrected chi connectivity index (χ1v) is 13.3. The molecule has 2 aromatic carbocycles. The van der Waals surface area contributed by atoms with Crippen LogP contribution in [0.2, 0.25) is 0 Å². The number of fused-ring (bicyclic) bond motifs is 5. The predicted octanol–water partition coefficient (Wildman–Crippen LogP) is 3.72. The van der Waals surface area contributed by atoms with E-state index < -0.39 is 0 Å². The van der Waals surface area contributed by atoms with Crippen molar-refractivity contribution >= 4 is 17.6 Å². The first-order valence-electron chi connectivity index (χ1n) is 13.3. The molecule has 3 aliphatic heterocycles. The van der Waals surface area contributed by atoms with Gasteiger partial charge in [0.15, 0.2) is 11.5 Å². The number of carbonyl (C=O) groups excluding carboxylic acids is 2. The van der Waals surface area contributed by atoms with Crippen molar-refractivity contribution in [2.45, 2.75) is 31.8 Å². The Morgan fingerprint density at radius 3 is 2.46 bits per heavy atom.